The number of nitrogens with one attached hydrogen (secondary N) is 1. The number of carboxylic acids is 1. The van der Waals surface area contributed by atoms with Crippen molar-refractivity contribution in [3.63, 3.8) is 0 Å². The minimum Gasteiger partial charge on any atom is -0.478 e. The van der Waals surface area contributed by atoms with Crippen LogP contribution in [0.5, 0.6) is 0 Å². The third-order valence-electron chi connectivity index (χ3n) is 2.22. The number of amides is 2. The highest BCUT2D eigenvalue weighted by molar-refractivity contribution is 6.00. The first-order valence-corrected chi connectivity index (χ1v) is 5.12. The molecule has 0 saturated carbocycles. The Morgan fingerprint density at radius 3 is 2.78 bits per heavy atom. The average Bonchev–Trinajstić information content (AvgIpc) is 2.28. The van der Waals surface area contributed by atoms with E-state index in [9.17, 15) is 14.0 Å². The number of aromatic carboxylic acids is 1. The fraction of sp³-hybridized carbons (Fsp3) is 0.167. The quantitative estimate of drug-likeness (QED) is 0.807. The van der Waals surface area contributed by atoms with Gasteiger partial charge in [0.1, 0.15) is 11.4 Å². The van der Waals surface area contributed by atoms with Crippen LogP contribution in [0.2, 0.25) is 0 Å². The monoisotopic (exact) mass is 252 g/mol. The molecule has 0 aliphatic heterocycles. The Morgan fingerprint density at radius 2 is 2.22 bits per heavy atom. The van der Waals surface area contributed by atoms with Crippen LogP contribution in [0, 0.1) is 5.82 Å². The van der Waals surface area contributed by atoms with Gasteiger partial charge in [0.05, 0.1) is 5.69 Å². The summed E-state index contributed by atoms with van der Waals surface area (Å²) in [4.78, 5) is 23.8. The predicted molar refractivity (Wildman–Crippen MR) is 65.2 cm³/mol. The summed E-state index contributed by atoms with van der Waals surface area (Å²) in [6.45, 7) is 3.77. The molecule has 0 saturated heterocycles. The number of urea groups is 1. The number of hydrogen-bond donors (Lipinski definition) is 2. The molecule has 0 aliphatic carbocycles. The molecule has 5 nitrogen and oxygen atoms in total. The smallest absolute Gasteiger partial charge is 0.340 e. The highest BCUT2D eigenvalue weighted by Crippen LogP contribution is 2.19. The number of carbonyl (C=O) groups excluding carboxylic acids is 1. The second-order valence-corrected chi connectivity index (χ2v) is 3.57. The van der Waals surface area contributed by atoms with Crippen molar-refractivity contribution in [3.8, 4) is 0 Å². The molecule has 0 radical (unpaired) electrons. The zero-order chi connectivity index (χ0) is 13.7. The van der Waals surface area contributed by atoms with Crippen LogP contribution in [-0.2, 0) is 0 Å². The van der Waals surface area contributed by atoms with Crippen LogP contribution < -0.4 is 5.32 Å². The third kappa shape index (κ3) is 3.07. The van der Waals surface area contributed by atoms with Crippen molar-refractivity contribution in [2.24, 2.45) is 0 Å². The Kier molecular flexibility index (Phi) is 4.42. The van der Waals surface area contributed by atoms with Gasteiger partial charge in [0.15, 0.2) is 0 Å². The van der Waals surface area contributed by atoms with Crippen molar-refractivity contribution in [2.75, 3.05) is 18.9 Å². The molecule has 18 heavy (non-hydrogen) atoms. The van der Waals surface area contributed by atoms with Crippen LogP contribution in [0.25, 0.3) is 0 Å². The maximum atomic E-state index is 13.3. The molecule has 0 unspecified atom stereocenters. The molecule has 0 bridgehead atoms. The SMILES string of the molecule is C=CCN(C)C(=O)Nc1cccc(F)c1C(=O)O. The summed E-state index contributed by atoms with van der Waals surface area (Å²) in [5, 5.41) is 11.2. The molecule has 2 N–H and O–H groups in total. The second-order valence-electron chi connectivity index (χ2n) is 3.57. The molecule has 0 heterocycles. The van der Waals surface area contributed by atoms with Crippen LogP contribution in [0.15, 0.2) is 30.9 Å². The first-order valence-electron chi connectivity index (χ1n) is 5.12. The Balaban J connectivity index is 2.98. The van der Waals surface area contributed by atoms with E-state index >= 15 is 0 Å². The summed E-state index contributed by atoms with van der Waals surface area (Å²) in [7, 11) is 1.51. The molecule has 1 aromatic carbocycles. The predicted octanol–water partition coefficient (Wildman–Crippen LogP) is 2.17. The summed E-state index contributed by atoms with van der Waals surface area (Å²) in [5.74, 6) is -2.33. The lowest BCUT2D eigenvalue weighted by Gasteiger charge is -2.16. The standard InChI is InChI=1S/C12H13FN2O3/c1-3-7-15(2)12(18)14-9-6-4-5-8(13)10(9)11(16)17/h3-6H,1,7H2,2H3,(H,14,18)(H,16,17). The number of nitrogens with zero attached hydrogens (tertiary/aromatic N) is 1. The highest BCUT2D eigenvalue weighted by Gasteiger charge is 2.18. The Labute approximate surface area is 104 Å². The van der Waals surface area contributed by atoms with E-state index in [1.807, 2.05) is 0 Å². The third-order valence-corrected chi connectivity index (χ3v) is 2.22. The van der Waals surface area contributed by atoms with E-state index in [1.165, 1.54) is 30.2 Å². The van der Waals surface area contributed by atoms with Crippen molar-refractivity contribution >= 4 is 17.7 Å². The largest absolute Gasteiger partial charge is 0.478 e. The minimum absolute atomic E-state index is 0.0802. The maximum Gasteiger partial charge on any atom is 0.340 e. The van der Waals surface area contributed by atoms with E-state index in [2.05, 4.69) is 11.9 Å². The number of carbonyl (C=O) groups is 2. The summed E-state index contributed by atoms with van der Waals surface area (Å²) in [5.41, 5.74) is -0.638. The van der Waals surface area contributed by atoms with E-state index in [4.69, 9.17) is 5.11 Å². The van der Waals surface area contributed by atoms with Gasteiger partial charge in [-0.25, -0.2) is 14.0 Å². The van der Waals surface area contributed by atoms with E-state index in [1.54, 1.807) is 0 Å². The van der Waals surface area contributed by atoms with Crippen molar-refractivity contribution in [2.45, 2.75) is 0 Å². The van der Waals surface area contributed by atoms with Gasteiger partial charge in [-0.15, -0.1) is 6.58 Å². The van der Waals surface area contributed by atoms with Gasteiger partial charge in [0.2, 0.25) is 0 Å². The summed E-state index contributed by atoms with van der Waals surface area (Å²) >= 11 is 0. The van der Waals surface area contributed by atoms with Gasteiger partial charge in [-0.1, -0.05) is 12.1 Å². The van der Waals surface area contributed by atoms with E-state index in [-0.39, 0.29) is 5.69 Å². The number of rotatable bonds is 4. The molecule has 1 rings (SSSR count). The molecule has 0 fully saturated rings. The fourth-order valence-electron chi connectivity index (χ4n) is 1.33. The lowest BCUT2D eigenvalue weighted by Crippen LogP contribution is -2.32. The maximum absolute atomic E-state index is 13.3. The van der Waals surface area contributed by atoms with E-state index in [0.717, 1.165) is 6.07 Å². The van der Waals surface area contributed by atoms with Crippen LogP contribution in [0.4, 0.5) is 14.9 Å². The zero-order valence-electron chi connectivity index (χ0n) is 9.81. The van der Waals surface area contributed by atoms with Crippen molar-refractivity contribution in [1.82, 2.24) is 4.90 Å². The van der Waals surface area contributed by atoms with Gasteiger partial charge >= 0.3 is 12.0 Å². The fourth-order valence-corrected chi connectivity index (χ4v) is 1.33. The summed E-state index contributed by atoms with van der Waals surface area (Å²) in [6, 6.07) is 3.13. The summed E-state index contributed by atoms with van der Waals surface area (Å²) < 4.78 is 13.3. The Morgan fingerprint density at radius 1 is 1.56 bits per heavy atom. The average molecular weight is 252 g/mol. The van der Waals surface area contributed by atoms with E-state index < -0.39 is 23.4 Å². The van der Waals surface area contributed by atoms with Crippen molar-refractivity contribution < 1.29 is 19.1 Å². The first kappa shape index (κ1) is 13.7. The molecule has 2 amide bonds. The normalized spacial score (nSPS) is 9.67. The van der Waals surface area contributed by atoms with Gasteiger partial charge in [-0.2, -0.15) is 0 Å². The van der Waals surface area contributed by atoms with Gasteiger partial charge < -0.3 is 15.3 Å². The molecule has 0 atom stereocenters. The van der Waals surface area contributed by atoms with Crippen LogP contribution >= 0.6 is 0 Å². The summed E-state index contributed by atoms with van der Waals surface area (Å²) in [6.07, 6.45) is 1.52. The van der Waals surface area contributed by atoms with Gasteiger partial charge in [-0.3, -0.25) is 0 Å². The highest BCUT2D eigenvalue weighted by atomic mass is 19.1. The molecule has 1 aromatic rings. The Bertz CT molecular complexity index is 488. The molecule has 0 aromatic heterocycles. The molecule has 0 spiro atoms. The van der Waals surface area contributed by atoms with Gasteiger partial charge in [0.25, 0.3) is 0 Å². The molecular formula is C12H13FN2O3. The van der Waals surface area contributed by atoms with Crippen LogP contribution in [-0.4, -0.2) is 35.6 Å². The molecule has 6 heteroatoms. The number of benzene rings is 1. The lowest BCUT2D eigenvalue weighted by atomic mass is 10.1. The van der Waals surface area contributed by atoms with Crippen LogP contribution in [0.1, 0.15) is 10.4 Å². The second kappa shape index (κ2) is 5.81. The number of likely N-dealkylation sites (N-methyl/N-ethyl adjacent to an activating group) is 1. The number of hydrogen-bond acceptors (Lipinski definition) is 2. The number of halogens is 1. The topological polar surface area (TPSA) is 69.6 Å². The molecular weight excluding hydrogens is 239 g/mol. The van der Waals surface area contributed by atoms with E-state index in [0.29, 0.717) is 6.54 Å². The van der Waals surface area contributed by atoms with Gasteiger partial charge in [-0.05, 0) is 12.1 Å². The van der Waals surface area contributed by atoms with Crippen molar-refractivity contribution in [1.29, 1.82) is 0 Å². The van der Waals surface area contributed by atoms with Gasteiger partial charge in [0, 0.05) is 13.6 Å². The molecule has 0 aliphatic rings. The van der Waals surface area contributed by atoms with Crippen LogP contribution in [0.3, 0.4) is 0 Å². The number of anilines is 1. The number of carboxylic acid groups (broad SMARTS) is 1. The zero-order valence-corrected chi connectivity index (χ0v) is 9.81. The Hall–Kier alpha value is -2.37. The lowest BCUT2D eigenvalue weighted by molar-refractivity contribution is 0.0693. The first-order chi connectivity index (χ1) is 8.47. The minimum atomic E-state index is -1.44. The van der Waals surface area contributed by atoms with Crippen molar-refractivity contribution in [3.05, 3.63) is 42.2 Å². The molecule has 96 valence electrons.